The number of nitrogens with zero attached hydrogens (tertiary/aromatic N) is 1. The second-order valence-electron chi connectivity index (χ2n) is 6.51. The van der Waals surface area contributed by atoms with Crippen LogP contribution in [0.2, 0.25) is 0 Å². The van der Waals surface area contributed by atoms with Crippen LogP contribution in [0.3, 0.4) is 0 Å². The van der Waals surface area contributed by atoms with Crippen molar-refractivity contribution in [3.8, 4) is 0 Å². The van der Waals surface area contributed by atoms with E-state index in [1.54, 1.807) is 41.5 Å². The molecule has 0 spiro atoms. The summed E-state index contributed by atoms with van der Waals surface area (Å²) in [5.41, 5.74) is 0.595. The predicted molar refractivity (Wildman–Crippen MR) is 77.9 cm³/mol. The number of amides is 1. The standard InChI is InChI=1S/C14H24N2O5/c1-13(2,3)10(17)8-9(11(18)20-7)15-16-12(19)21-14(4,5)6/h8H2,1-7H3,(H,16,19). The Balaban J connectivity index is 4.93. The van der Waals surface area contributed by atoms with Crippen molar-refractivity contribution in [2.75, 3.05) is 7.11 Å². The van der Waals surface area contributed by atoms with Gasteiger partial charge in [-0.2, -0.15) is 5.10 Å². The number of ketones is 1. The van der Waals surface area contributed by atoms with Gasteiger partial charge in [0.25, 0.3) is 0 Å². The van der Waals surface area contributed by atoms with Gasteiger partial charge in [-0.25, -0.2) is 15.0 Å². The normalized spacial score (nSPS) is 12.6. The largest absolute Gasteiger partial charge is 0.464 e. The zero-order chi connectivity index (χ0) is 16.8. The lowest BCUT2D eigenvalue weighted by molar-refractivity contribution is -0.134. The molecule has 0 unspecified atom stereocenters. The van der Waals surface area contributed by atoms with Crippen molar-refractivity contribution in [2.45, 2.75) is 53.6 Å². The Morgan fingerprint density at radius 1 is 1.05 bits per heavy atom. The van der Waals surface area contributed by atoms with Crippen LogP contribution < -0.4 is 5.43 Å². The van der Waals surface area contributed by atoms with Gasteiger partial charge in [0.1, 0.15) is 11.4 Å². The zero-order valence-electron chi connectivity index (χ0n) is 13.7. The minimum Gasteiger partial charge on any atom is -0.464 e. The Morgan fingerprint density at radius 2 is 1.57 bits per heavy atom. The number of Topliss-reactive ketones (excluding diaryl/α,β-unsaturated/α-hetero) is 1. The average Bonchev–Trinajstić information content (AvgIpc) is 2.29. The molecule has 7 nitrogen and oxygen atoms in total. The van der Waals surface area contributed by atoms with Crippen LogP contribution in [0.25, 0.3) is 0 Å². The molecule has 7 heteroatoms. The molecule has 0 aromatic heterocycles. The molecule has 0 saturated carbocycles. The summed E-state index contributed by atoms with van der Waals surface area (Å²) in [5, 5.41) is 3.63. The van der Waals surface area contributed by atoms with Gasteiger partial charge in [0.15, 0.2) is 5.71 Å². The van der Waals surface area contributed by atoms with Crippen LogP contribution in [0, 0.1) is 5.41 Å². The fourth-order valence-electron chi connectivity index (χ4n) is 1.11. The molecular formula is C14H24N2O5. The van der Waals surface area contributed by atoms with Gasteiger partial charge in [-0.05, 0) is 20.8 Å². The van der Waals surface area contributed by atoms with Crippen LogP contribution in [0.5, 0.6) is 0 Å². The summed E-state index contributed by atoms with van der Waals surface area (Å²) in [6.07, 6.45) is -1.04. The van der Waals surface area contributed by atoms with E-state index in [1.165, 1.54) is 7.11 Å². The SMILES string of the molecule is COC(=O)C(CC(=O)C(C)(C)C)=NNC(=O)OC(C)(C)C. The fraction of sp³-hybridized carbons (Fsp3) is 0.714. The van der Waals surface area contributed by atoms with Crippen molar-refractivity contribution in [3.05, 3.63) is 0 Å². The summed E-state index contributed by atoms with van der Waals surface area (Å²) >= 11 is 0. The zero-order valence-corrected chi connectivity index (χ0v) is 13.7. The summed E-state index contributed by atoms with van der Waals surface area (Å²) in [4.78, 5) is 35.0. The Kier molecular flexibility index (Phi) is 6.53. The number of hydrazone groups is 1. The number of hydrogen-bond donors (Lipinski definition) is 1. The molecule has 0 saturated heterocycles. The first-order valence-corrected chi connectivity index (χ1v) is 6.54. The van der Waals surface area contributed by atoms with Gasteiger partial charge in [0, 0.05) is 5.41 Å². The highest BCUT2D eigenvalue weighted by molar-refractivity contribution is 6.40. The van der Waals surface area contributed by atoms with E-state index >= 15 is 0 Å². The minimum absolute atomic E-state index is 0.178. The molecular weight excluding hydrogens is 276 g/mol. The molecule has 21 heavy (non-hydrogen) atoms. The van der Waals surface area contributed by atoms with Crippen molar-refractivity contribution in [3.63, 3.8) is 0 Å². The molecule has 0 fully saturated rings. The number of ether oxygens (including phenoxy) is 2. The number of esters is 1. The topological polar surface area (TPSA) is 94.1 Å². The van der Waals surface area contributed by atoms with Crippen LogP contribution in [0.4, 0.5) is 4.79 Å². The highest BCUT2D eigenvalue weighted by atomic mass is 16.6. The third-order valence-electron chi connectivity index (χ3n) is 2.27. The van der Waals surface area contributed by atoms with Crippen molar-refractivity contribution >= 4 is 23.6 Å². The van der Waals surface area contributed by atoms with Gasteiger partial charge in [-0.15, -0.1) is 0 Å². The van der Waals surface area contributed by atoms with Crippen LogP contribution in [-0.4, -0.2) is 36.3 Å². The Morgan fingerprint density at radius 3 is 1.95 bits per heavy atom. The average molecular weight is 300 g/mol. The molecule has 0 aliphatic rings. The lowest BCUT2D eigenvalue weighted by Crippen LogP contribution is -2.33. The van der Waals surface area contributed by atoms with Gasteiger partial charge < -0.3 is 9.47 Å². The van der Waals surface area contributed by atoms with Crippen LogP contribution in [-0.2, 0) is 19.1 Å². The van der Waals surface area contributed by atoms with Crippen LogP contribution in [0.15, 0.2) is 5.10 Å². The highest BCUT2D eigenvalue weighted by Crippen LogP contribution is 2.17. The molecule has 1 N–H and O–H groups in total. The maximum absolute atomic E-state index is 11.9. The lowest BCUT2D eigenvalue weighted by atomic mass is 9.88. The predicted octanol–water partition coefficient (Wildman–Crippen LogP) is 2.05. The highest BCUT2D eigenvalue weighted by Gasteiger charge is 2.26. The number of carbonyl (C=O) groups is 3. The molecule has 0 aliphatic carbocycles. The van der Waals surface area contributed by atoms with E-state index in [-0.39, 0.29) is 17.9 Å². The van der Waals surface area contributed by atoms with Crippen LogP contribution >= 0.6 is 0 Å². The summed E-state index contributed by atoms with van der Waals surface area (Å²) in [5.74, 6) is -0.971. The molecule has 0 heterocycles. The molecule has 0 rings (SSSR count). The second kappa shape index (κ2) is 7.19. The lowest BCUT2D eigenvalue weighted by Gasteiger charge is -2.19. The first kappa shape index (κ1) is 19.1. The van der Waals surface area contributed by atoms with E-state index in [1.807, 2.05) is 0 Å². The molecule has 1 amide bonds. The molecule has 120 valence electrons. The van der Waals surface area contributed by atoms with Gasteiger partial charge in [-0.1, -0.05) is 20.8 Å². The number of rotatable bonds is 4. The maximum atomic E-state index is 11.9. The van der Waals surface area contributed by atoms with E-state index in [0.717, 1.165) is 0 Å². The van der Waals surface area contributed by atoms with E-state index in [2.05, 4.69) is 15.3 Å². The quantitative estimate of drug-likeness (QED) is 0.487. The van der Waals surface area contributed by atoms with Crippen molar-refractivity contribution in [1.29, 1.82) is 0 Å². The summed E-state index contributed by atoms with van der Waals surface area (Å²) in [7, 11) is 1.17. The third kappa shape index (κ3) is 8.06. The van der Waals surface area contributed by atoms with E-state index in [9.17, 15) is 14.4 Å². The van der Waals surface area contributed by atoms with Gasteiger partial charge in [0.2, 0.25) is 0 Å². The number of nitrogens with one attached hydrogen (secondary N) is 1. The molecule has 0 atom stereocenters. The molecule has 0 aliphatic heterocycles. The summed E-state index contributed by atoms with van der Waals surface area (Å²) in [6, 6.07) is 0. The number of hydrogen-bond acceptors (Lipinski definition) is 6. The van der Waals surface area contributed by atoms with E-state index in [0.29, 0.717) is 0 Å². The molecule has 0 aromatic rings. The summed E-state index contributed by atoms with van der Waals surface area (Å²) < 4.78 is 9.52. The van der Waals surface area contributed by atoms with Crippen LogP contribution in [0.1, 0.15) is 48.0 Å². The van der Waals surface area contributed by atoms with E-state index in [4.69, 9.17) is 4.74 Å². The van der Waals surface area contributed by atoms with Crippen molar-refractivity contribution < 1.29 is 23.9 Å². The molecule has 0 radical (unpaired) electrons. The number of methoxy groups -OCH3 is 1. The third-order valence-corrected chi connectivity index (χ3v) is 2.27. The molecule has 0 aromatic carbocycles. The summed E-state index contributed by atoms with van der Waals surface area (Å²) in [6.45, 7) is 10.3. The van der Waals surface area contributed by atoms with Gasteiger partial charge in [-0.3, -0.25) is 4.79 Å². The Bertz CT molecular complexity index is 441. The smallest absolute Gasteiger partial charge is 0.428 e. The van der Waals surface area contributed by atoms with E-state index < -0.39 is 23.1 Å². The van der Waals surface area contributed by atoms with Gasteiger partial charge in [0.05, 0.1) is 13.5 Å². The Hall–Kier alpha value is -1.92. The van der Waals surface area contributed by atoms with Crippen molar-refractivity contribution in [1.82, 2.24) is 5.43 Å². The second-order valence-corrected chi connectivity index (χ2v) is 6.51. The maximum Gasteiger partial charge on any atom is 0.428 e. The fourth-order valence-corrected chi connectivity index (χ4v) is 1.11. The van der Waals surface area contributed by atoms with Gasteiger partial charge >= 0.3 is 12.1 Å². The molecule has 0 bridgehead atoms. The Labute approximate surface area is 125 Å². The number of carbonyl (C=O) groups excluding carboxylic acids is 3. The first-order chi connectivity index (χ1) is 9.36. The first-order valence-electron chi connectivity index (χ1n) is 6.54. The monoisotopic (exact) mass is 300 g/mol. The van der Waals surface area contributed by atoms with Crippen molar-refractivity contribution in [2.24, 2.45) is 10.5 Å². The minimum atomic E-state index is -0.813.